The molecule has 0 amide bonds. The monoisotopic (exact) mass is 262 g/mol. The van der Waals surface area contributed by atoms with Crippen LogP contribution in [0.1, 0.15) is 92.9 Å². The van der Waals surface area contributed by atoms with E-state index in [-0.39, 0.29) is 12.4 Å². The van der Waals surface area contributed by atoms with Gasteiger partial charge in [-0.15, -0.1) is 12.4 Å². The van der Waals surface area contributed by atoms with Crippen LogP contribution in [0.5, 0.6) is 0 Å². The van der Waals surface area contributed by atoms with Gasteiger partial charge >= 0.3 is 0 Å². The van der Waals surface area contributed by atoms with Crippen LogP contribution in [0.2, 0.25) is 0 Å². The Morgan fingerprint density at radius 2 is 1.06 bits per heavy atom. The highest BCUT2D eigenvalue weighted by Gasteiger charge is 2.31. The van der Waals surface area contributed by atoms with E-state index in [0.717, 1.165) is 0 Å². The molecule has 0 aromatic heterocycles. The van der Waals surface area contributed by atoms with Crippen molar-refractivity contribution in [1.29, 1.82) is 0 Å². The Hall–Kier alpha value is 0.290. The SMILES string of the molecule is CCCCCCCCCC(C)(C)C(C)(C)C.Cl. The zero-order chi connectivity index (χ0) is 12.7. The summed E-state index contributed by atoms with van der Waals surface area (Å²) in [4.78, 5) is 0. The van der Waals surface area contributed by atoms with E-state index in [9.17, 15) is 0 Å². The summed E-state index contributed by atoms with van der Waals surface area (Å²) < 4.78 is 0. The Morgan fingerprint density at radius 3 is 1.47 bits per heavy atom. The highest BCUT2D eigenvalue weighted by molar-refractivity contribution is 5.85. The van der Waals surface area contributed by atoms with Crippen molar-refractivity contribution in [2.75, 3.05) is 0 Å². The molecule has 0 aromatic rings. The molecule has 0 atom stereocenters. The van der Waals surface area contributed by atoms with E-state index in [2.05, 4.69) is 41.5 Å². The number of halogens is 1. The molecule has 0 spiro atoms. The van der Waals surface area contributed by atoms with Crippen molar-refractivity contribution in [2.45, 2.75) is 92.9 Å². The summed E-state index contributed by atoms with van der Waals surface area (Å²) in [6.07, 6.45) is 11.3. The lowest BCUT2D eigenvalue weighted by Crippen LogP contribution is -2.29. The third-order valence-corrected chi connectivity index (χ3v) is 4.44. The summed E-state index contributed by atoms with van der Waals surface area (Å²) in [6.45, 7) is 14.2. The van der Waals surface area contributed by atoms with Crippen LogP contribution in [0.15, 0.2) is 0 Å². The van der Waals surface area contributed by atoms with E-state index >= 15 is 0 Å². The first-order chi connectivity index (χ1) is 7.31. The molecule has 0 rings (SSSR count). The summed E-state index contributed by atoms with van der Waals surface area (Å²) in [6, 6.07) is 0. The number of hydrogen-bond donors (Lipinski definition) is 0. The minimum atomic E-state index is 0. The van der Waals surface area contributed by atoms with Gasteiger partial charge in [0.2, 0.25) is 0 Å². The zero-order valence-corrected chi connectivity index (χ0v) is 13.9. The predicted octanol–water partition coefficient (Wildman–Crippen LogP) is 6.62. The summed E-state index contributed by atoms with van der Waals surface area (Å²) >= 11 is 0. The van der Waals surface area contributed by atoms with E-state index in [1.54, 1.807) is 0 Å². The first-order valence-corrected chi connectivity index (χ1v) is 7.31. The number of hydrogen-bond acceptors (Lipinski definition) is 0. The molecular formula is C16H35Cl. The second kappa shape index (κ2) is 9.25. The normalized spacial score (nSPS) is 12.4. The summed E-state index contributed by atoms with van der Waals surface area (Å²) in [5.74, 6) is 0. The van der Waals surface area contributed by atoms with Gasteiger partial charge in [0.05, 0.1) is 0 Å². The Balaban J connectivity index is 0. The van der Waals surface area contributed by atoms with Gasteiger partial charge in [0.15, 0.2) is 0 Å². The van der Waals surface area contributed by atoms with Crippen molar-refractivity contribution in [3.63, 3.8) is 0 Å². The molecule has 0 aliphatic heterocycles. The predicted molar refractivity (Wildman–Crippen MR) is 83.1 cm³/mol. The van der Waals surface area contributed by atoms with Crippen LogP contribution in [0.4, 0.5) is 0 Å². The van der Waals surface area contributed by atoms with Crippen LogP contribution in [0, 0.1) is 10.8 Å². The van der Waals surface area contributed by atoms with Crippen molar-refractivity contribution >= 4 is 12.4 Å². The van der Waals surface area contributed by atoms with Gasteiger partial charge < -0.3 is 0 Å². The second-order valence-corrected chi connectivity index (χ2v) is 7.01. The molecule has 0 aromatic carbocycles. The van der Waals surface area contributed by atoms with Crippen molar-refractivity contribution in [3.05, 3.63) is 0 Å². The van der Waals surface area contributed by atoms with Gasteiger partial charge in [-0.05, 0) is 17.3 Å². The fourth-order valence-corrected chi connectivity index (χ4v) is 1.90. The van der Waals surface area contributed by atoms with E-state index in [1.165, 1.54) is 51.4 Å². The van der Waals surface area contributed by atoms with Crippen LogP contribution in [0.25, 0.3) is 0 Å². The van der Waals surface area contributed by atoms with Crippen molar-refractivity contribution < 1.29 is 0 Å². The summed E-state index contributed by atoms with van der Waals surface area (Å²) in [5.41, 5.74) is 0.922. The van der Waals surface area contributed by atoms with Gasteiger partial charge in [-0.1, -0.05) is 86.5 Å². The number of unbranched alkanes of at least 4 members (excludes halogenated alkanes) is 6. The van der Waals surface area contributed by atoms with Crippen LogP contribution in [-0.2, 0) is 0 Å². The highest BCUT2D eigenvalue weighted by Crippen LogP contribution is 2.41. The van der Waals surface area contributed by atoms with E-state index in [0.29, 0.717) is 10.8 Å². The van der Waals surface area contributed by atoms with Crippen LogP contribution >= 0.6 is 12.4 Å². The van der Waals surface area contributed by atoms with Gasteiger partial charge in [0.25, 0.3) is 0 Å². The van der Waals surface area contributed by atoms with Crippen molar-refractivity contribution in [3.8, 4) is 0 Å². The lowest BCUT2D eigenvalue weighted by Gasteiger charge is -2.39. The molecule has 0 fully saturated rings. The van der Waals surface area contributed by atoms with E-state index in [1.807, 2.05) is 0 Å². The molecule has 0 N–H and O–H groups in total. The highest BCUT2D eigenvalue weighted by atomic mass is 35.5. The van der Waals surface area contributed by atoms with Gasteiger partial charge in [0.1, 0.15) is 0 Å². The summed E-state index contributed by atoms with van der Waals surface area (Å²) in [7, 11) is 0. The maximum absolute atomic E-state index is 2.42. The topological polar surface area (TPSA) is 0 Å². The molecule has 0 unspecified atom stereocenters. The van der Waals surface area contributed by atoms with E-state index < -0.39 is 0 Å². The van der Waals surface area contributed by atoms with Gasteiger partial charge in [0, 0.05) is 0 Å². The molecule has 0 radical (unpaired) electrons. The Bertz CT molecular complexity index is 165. The Labute approximate surface area is 116 Å². The van der Waals surface area contributed by atoms with Crippen molar-refractivity contribution in [2.24, 2.45) is 10.8 Å². The maximum Gasteiger partial charge on any atom is -0.0306 e. The third kappa shape index (κ3) is 8.94. The standard InChI is InChI=1S/C16H34.ClH/c1-7-8-9-10-11-12-13-14-16(5,6)15(2,3)4;/h7-14H2,1-6H3;1H. The average Bonchev–Trinajstić information content (AvgIpc) is 2.14. The quantitative estimate of drug-likeness (QED) is 0.431. The van der Waals surface area contributed by atoms with Crippen LogP contribution in [0.3, 0.4) is 0 Å². The van der Waals surface area contributed by atoms with Gasteiger partial charge in [-0.3, -0.25) is 0 Å². The maximum atomic E-state index is 2.42. The fourth-order valence-electron chi connectivity index (χ4n) is 1.90. The third-order valence-electron chi connectivity index (χ3n) is 4.44. The molecule has 17 heavy (non-hydrogen) atoms. The molecular weight excluding hydrogens is 228 g/mol. The van der Waals surface area contributed by atoms with E-state index in [4.69, 9.17) is 0 Å². The van der Waals surface area contributed by atoms with Gasteiger partial charge in [-0.2, -0.15) is 0 Å². The molecule has 0 aliphatic rings. The van der Waals surface area contributed by atoms with Crippen LogP contribution < -0.4 is 0 Å². The van der Waals surface area contributed by atoms with Crippen molar-refractivity contribution in [1.82, 2.24) is 0 Å². The largest absolute Gasteiger partial charge is 0.147 e. The molecule has 0 saturated carbocycles. The van der Waals surface area contributed by atoms with Crippen LogP contribution in [-0.4, -0.2) is 0 Å². The zero-order valence-electron chi connectivity index (χ0n) is 13.1. The molecule has 0 bridgehead atoms. The molecule has 0 heterocycles. The smallest absolute Gasteiger partial charge is 0.0306 e. The molecule has 0 aliphatic carbocycles. The minimum Gasteiger partial charge on any atom is -0.147 e. The van der Waals surface area contributed by atoms with Gasteiger partial charge in [-0.25, -0.2) is 0 Å². The Morgan fingerprint density at radius 1 is 0.647 bits per heavy atom. The summed E-state index contributed by atoms with van der Waals surface area (Å²) in [5, 5.41) is 0. The number of rotatable bonds is 8. The first kappa shape index (κ1) is 19.6. The second-order valence-electron chi connectivity index (χ2n) is 7.01. The fraction of sp³-hybridized carbons (Fsp3) is 1.00. The Kier molecular flexibility index (Phi) is 10.7. The molecule has 1 heteroatoms. The first-order valence-electron chi connectivity index (χ1n) is 7.31. The molecule has 106 valence electrons. The minimum absolute atomic E-state index is 0. The lowest BCUT2D eigenvalue weighted by atomic mass is 9.67. The molecule has 0 nitrogen and oxygen atoms in total. The molecule has 0 saturated heterocycles. The lowest BCUT2D eigenvalue weighted by molar-refractivity contribution is 0.115. The average molecular weight is 263 g/mol.